The molecule has 0 saturated carbocycles. The molecule has 0 radical (unpaired) electrons. The molecule has 0 aliphatic heterocycles. The van der Waals surface area contributed by atoms with Crippen LogP contribution < -0.4 is 0 Å². The largest absolute Gasteiger partial charge is 0.478 e. The molecule has 0 bridgehead atoms. The van der Waals surface area contributed by atoms with Gasteiger partial charge in [-0.2, -0.15) is 5.10 Å². The number of carboxylic acid groups (broad SMARTS) is 1. The summed E-state index contributed by atoms with van der Waals surface area (Å²) in [5.41, 5.74) is 2.24. The molecule has 0 unspecified atom stereocenters. The smallest absolute Gasteiger partial charge is 0.339 e. The second-order valence-corrected chi connectivity index (χ2v) is 4.90. The van der Waals surface area contributed by atoms with E-state index in [9.17, 15) is 9.90 Å². The molecule has 0 spiro atoms. The molecule has 4 nitrogen and oxygen atoms in total. The standard InChI is InChI=1S/C16H11ClN2O2/c17-12-8-6-11(7-9-12)15-14(16(20)21)10-18-19(15)13-4-2-1-3-5-13/h1-10H,(H,20,21). The van der Waals surface area contributed by atoms with Crippen LogP contribution in [0.1, 0.15) is 10.4 Å². The average molecular weight is 299 g/mol. The van der Waals surface area contributed by atoms with Crippen molar-refractivity contribution in [1.82, 2.24) is 9.78 Å². The second kappa shape index (κ2) is 5.42. The highest BCUT2D eigenvalue weighted by Gasteiger charge is 2.19. The van der Waals surface area contributed by atoms with Crippen molar-refractivity contribution in [3.05, 3.63) is 71.4 Å². The van der Waals surface area contributed by atoms with Gasteiger partial charge in [-0.3, -0.25) is 0 Å². The van der Waals surface area contributed by atoms with E-state index in [-0.39, 0.29) is 5.56 Å². The maximum absolute atomic E-state index is 11.4. The van der Waals surface area contributed by atoms with E-state index in [1.54, 1.807) is 28.9 Å². The van der Waals surface area contributed by atoms with Crippen molar-refractivity contribution in [1.29, 1.82) is 0 Å². The molecule has 1 N–H and O–H groups in total. The summed E-state index contributed by atoms with van der Waals surface area (Å²) in [5, 5.41) is 14.2. The Kier molecular flexibility index (Phi) is 3.46. The van der Waals surface area contributed by atoms with Crippen LogP contribution in [-0.2, 0) is 0 Å². The highest BCUT2D eigenvalue weighted by atomic mass is 35.5. The van der Waals surface area contributed by atoms with Gasteiger partial charge in [0.05, 0.1) is 17.6 Å². The Balaban J connectivity index is 2.23. The monoisotopic (exact) mass is 298 g/mol. The molecule has 21 heavy (non-hydrogen) atoms. The Morgan fingerprint density at radius 2 is 1.71 bits per heavy atom. The Hall–Kier alpha value is -2.59. The molecule has 104 valence electrons. The summed E-state index contributed by atoms with van der Waals surface area (Å²) < 4.78 is 1.62. The normalized spacial score (nSPS) is 10.5. The van der Waals surface area contributed by atoms with Crippen molar-refractivity contribution in [2.45, 2.75) is 0 Å². The van der Waals surface area contributed by atoms with Crippen molar-refractivity contribution >= 4 is 17.6 Å². The Labute approximate surface area is 126 Å². The minimum Gasteiger partial charge on any atom is -0.478 e. The first kappa shape index (κ1) is 13.4. The first-order valence-corrected chi connectivity index (χ1v) is 6.67. The number of aromatic nitrogens is 2. The number of hydrogen-bond donors (Lipinski definition) is 1. The van der Waals surface area contributed by atoms with Gasteiger partial charge >= 0.3 is 5.97 Å². The summed E-state index contributed by atoms with van der Waals surface area (Å²) in [6.07, 6.45) is 1.36. The number of carboxylic acids is 1. The summed E-state index contributed by atoms with van der Waals surface area (Å²) >= 11 is 5.89. The quantitative estimate of drug-likeness (QED) is 0.798. The number of aromatic carboxylic acids is 1. The van der Waals surface area contributed by atoms with Gasteiger partial charge in [0.25, 0.3) is 0 Å². The molecule has 0 fully saturated rings. The molecule has 0 aliphatic carbocycles. The predicted octanol–water partition coefficient (Wildman–Crippen LogP) is 3.89. The summed E-state index contributed by atoms with van der Waals surface area (Å²) in [4.78, 5) is 11.4. The number of para-hydroxylation sites is 1. The molecule has 1 heterocycles. The van der Waals surface area contributed by atoms with Crippen molar-refractivity contribution in [3.63, 3.8) is 0 Å². The van der Waals surface area contributed by atoms with E-state index in [0.717, 1.165) is 11.3 Å². The van der Waals surface area contributed by atoms with Crippen LogP contribution in [0.3, 0.4) is 0 Å². The molecular weight excluding hydrogens is 288 g/mol. The zero-order valence-corrected chi connectivity index (χ0v) is 11.7. The number of benzene rings is 2. The molecule has 0 aliphatic rings. The van der Waals surface area contributed by atoms with Gasteiger partial charge in [0.15, 0.2) is 0 Å². The molecule has 5 heteroatoms. The van der Waals surface area contributed by atoms with Crippen LogP contribution in [0.15, 0.2) is 60.8 Å². The van der Waals surface area contributed by atoms with E-state index in [1.807, 2.05) is 30.3 Å². The van der Waals surface area contributed by atoms with E-state index >= 15 is 0 Å². The maximum atomic E-state index is 11.4. The highest BCUT2D eigenvalue weighted by molar-refractivity contribution is 6.30. The van der Waals surface area contributed by atoms with Gasteiger partial charge in [-0.05, 0) is 24.3 Å². The topological polar surface area (TPSA) is 55.1 Å². The van der Waals surface area contributed by atoms with Gasteiger partial charge in [0.1, 0.15) is 5.56 Å². The van der Waals surface area contributed by atoms with Gasteiger partial charge < -0.3 is 5.11 Å². The molecular formula is C16H11ClN2O2. The van der Waals surface area contributed by atoms with E-state index in [4.69, 9.17) is 11.6 Å². The van der Waals surface area contributed by atoms with Crippen LogP contribution in [0.4, 0.5) is 0 Å². The van der Waals surface area contributed by atoms with Gasteiger partial charge in [-0.25, -0.2) is 9.48 Å². The third-order valence-corrected chi connectivity index (χ3v) is 3.37. The van der Waals surface area contributed by atoms with Crippen LogP contribution >= 0.6 is 11.6 Å². The molecule has 0 amide bonds. The zero-order valence-electron chi connectivity index (χ0n) is 10.9. The lowest BCUT2D eigenvalue weighted by molar-refractivity contribution is 0.0697. The Morgan fingerprint density at radius 1 is 1.05 bits per heavy atom. The SMILES string of the molecule is O=C(O)c1cnn(-c2ccccc2)c1-c1ccc(Cl)cc1. The molecule has 0 saturated heterocycles. The van der Waals surface area contributed by atoms with Crippen LogP contribution in [0.2, 0.25) is 5.02 Å². The summed E-state index contributed by atoms with van der Waals surface area (Å²) in [5.74, 6) is -1.01. The minimum atomic E-state index is -1.01. The molecule has 3 aromatic rings. The number of carbonyl (C=O) groups is 1. The molecule has 0 atom stereocenters. The van der Waals surface area contributed by atoms with E-state index < -0.39 is 5.97 Å². The van der Waals surface area contributed by atoms with E-state index in [1.165, 1.54) is 6.20 Å². The van der Waals surface area contributed by atoms with Crippen molar-refractivity contribution in [3.8, 4) is 16.9 Å². The lowest BCUT2D eigenvalue weighted by Gasteiger charge is -2.09. The fraction of sp³-hybridized carbons (Fsp3) is 0. The lowest BCUT2D eigenvalue weighted by Crippen LogP contribution is -2.02. The summed E-state index contributed by atoms with van der Waals surface area (Å²) in [6, 6.07) is 16.4. The molecule has 3 rings (SSSR count). The number of rotatable bonds is 3. The maximum Gasteiger partial charge on any atom is 0.339 e. The van der Waals surface area contributed by atoms with Crippen molar-refractivity contribution < 1.29 is 9.90 Å². The Morgan fingerprint density at radius 3 is 2.33 bits per heavy atom. The number of nitrogens with zero attached hydrogens (tertiary/aromatic N) is 2. The van der Waals surface area contributed by atoms with Gasteiger partial charge in [0, 0.05) is 10.6 Å². The van der Waals surface area contributed by atoms with E-state index in [0.29, 0.717) is 10.7 Å². The second-order valence-electron chi connectivity index (χ2n) is 4.47. The minimum absolute atomic E-state index is 0.154. The van der Waals surface area contributed by atoms with Crippen molar-refractivity contribution in [2.75, 3.05) is 0 Å². The fourth-order valence-electron chi connectivity index (χ4n) is 2.16. The highest BCUT2D eigenvalue weighted by Crippen LogP contribution is 2.27. The van der Waals surface area contributed by atoms with Gasteiger partial charge in [-0.1, -0.05) is 41.9 Å². The zero-order chi connectivity index (χ0) is 14.8. The van der Waals surface area contributed by atoms with Crippen LogP contribution in [0.5, 0.6) is 0 Å². The third kappa shape index (κ3) is 2.53. The van der Waals surface area contributed by atoms with Crippen LogP contribution in [0, 0.1) is 0 Å². The van der Waals surface area contributed by atoms with Crippen LogP contribution in [-0.4, -0.2) is 20.9 Å². The van der Waals surface area contributed by atoms with Gasteiger partial charge in [0.2, 0.25) is 0 Å². The fourth-order valence-corrected chi connectivity index (χ4v) is 2.28. The first-order chi connectivity index (χ1) is 10.2. The summed E-state index contributed by atoms with van der Waals surface area (Å²) in [6.45, 7) is 0. The van der Waals surface area contributed by atoms with Crippen LogP contribution in [0.25, 0.3) is 16.9 Å². The number of halogens is 1. The average Bonchev–Trinajstić information content (AvgIpc) is 2.94. The first-order valence-electron chi connectivity index (χ1n) is 6.29. The molecule has 1 aromatic heterocycles. The van der Waals surface area contributed by atoms with Gasteiger partial charge in [-0.15, -0.1) is 0 Å². The summed E-state index contributed by atoms with van der Waals surface area (Å²) in [7, 11) is 0. The number of hydrogen-bond acceptors (Lipinski definition) is 2. The van der Waals surface area contributed by atoms with Crippen molar-refractivity contribution in [2.24, 2.45) is 0 Å². The Bertz CT molecular complexity index is 780. The predicted molar refractivity (Wildman–Crippen MR) is 81.0 cm³/mol. The molecule has 2 aromatic carbocycles. The lowest BCUT2D eigenvalue weighted by atomic mass is 10.1. The van der Waals surface area contributed by atoms with E-state index in [2.05, 4.69) is 5.10 Å². The third-order valence-electron chi connectivity index (χ3n) is 3.12.